The minimum absolute atomic E-state index is 0.185. The fourth-order valence-corrected chi connectivity index (χ4v) is 2.09. The highest BCUT2D eigenvalue weighted by Gasteiger charge is 2.49. The molecule has 2 atom stereocenters. The monoisotopic (exact) mass is 230 g/mol. The smallest absolute Gasteiger partial charge is 0.314 e. The van der Waals surface area contributed by atoms with Crippen molar-refractivity contribution >= 4 is 11.9 Å². The maximum atomic E-state index is 11.2. The Morgan fingerprint density at radius 2 is 2.00 bits per heavy atom. The summed E-state index contributed by atoms with van der Waals surface area (Å²) < 4.78 is 0. The molecule has 0 fully saturated rings. The maximum Gasteiger partial charge on any atom is 0.314 e. The van der Waals surface area contributed by atoms with Crippen molar-refractivity contribution in [1.82, 2.24) is 0 Å². The number of aliphatic hydroxyl groups is 2. The molecule has 0 saturated heterocycles. The van der Waals surface area contributed by atoms with E-state index in [1.165, 1.54) is 6.08 Å². The molecule has 1 aliphatic rings. The van der Waals surface area contributed by atoms with Crippen LogP contribution in [0.2, 0.25) is 0 Å². The van der Waals surface area contributed by atoms with Crippen molar-refractivity contribution < 1.29 is 30.0 Å². The van der Waals surface area contributed by atoms with E-state index in [-0.39, 0.29) is 6.42 Å². The summed E-state index contributed by atoms with van der Waals surface area (Å²) in [5, 5.41) is 35.9. The van der Waals surface area contributed by atoms with E-state index in [1.807, 2.05) is 0 Å². The van der Waals surface area contributed by atoms with Gasteiger partial charge in [-0.3, -0.25) is 9.59 Å². The van der Waals surface area contributed by atoms with Crippen LogP contribution < -0.4 is 0 Å². The average Bonchev–Trinajstić information content (AvgIpc) is 2.16. The summed E-state index contributed by atoms with van der Waals surface area (Å²) >= 11 is 0. The first-order valence-corrected chi connectivity index (χ1v) is 4.90. The summed E-state index contributed by atoms with van der Waals surface area (Å²) in [5.74, 6) is -3.70. The molecule has 0 amide bonds. The molecule has 1 rings (SSSR count). The molecule has 0 aromatic rings. The molecule has 0 aromatic carbocycles. The van der Waals surface area contributed by atoms with Gasteiger partial charge in [0.15, 0.2) is 6.29 Å². The Hall–Kier alpha value is -1.40. The molecule has 0 bridgehead atoms. The van der Waals surface area contributed by atoms with Crippen LogP contribution in [0.1, 0.15) is 19.3 Å². The van der Waals surface area contributed by atoms with E-state index in [9.17, 15) is 9.59 Å². The van der Waals surface area contributed by atoms with E-state index in [0.717, 1.165) is 0 Å². The van der Waals surface area contributed by atoms with Gasteiger partial charge in [-0.2, -0.15) is 0 Å². The molecular weight excluding hydrogens is 216 g/mol. The predicted molar refractivity (Wildman–Crippen MR) is 52.4 cm³/mol. The van der Waals surface area contributed by atoms with Gasteiger partial charge < -0.3 is 20.4 Å². The van der Waals surface area contributed by atoms with Crippen LogP contribution in [0.25, 0.3) is 0 Å². The first kappa shape index (κ1) is 12.7. The van der Waals surface area contributed by atoms with E-state index in [1.54, 1.807) is 6.08 Å². The van der Waals surface area contributed by atoms with Gasteiger partial charge in [0, 0.05) is 6.42 Å². The standard InChI is InChI=1S/C10H14O6/c11-7(12)5-10(9(15)16)4-2-1-3-6(10)8(13)14/h2,4,6-7,11-12H,1,3,5H2,(H,13,14)(H,15,16). The summed E-state index contributed by atoms with van der Waals surface area (Å²) in [4.78, 5) is 22.2. The molecule has 2 unspecified atom stereocenters. The molecule has 0 aliphatic heterocycles. The van der Waals surface area contributed by atoms with Gasteiger partial charge in [-0.15, -0.1) is 0 Å². The highest BCUT2D eigenvalue weighted by Crippen LogP contribution is 2.41. The van der Waals surface area contributed by atoms with Crippen molar-refractivity contribution in [3.63, 3.8) is 0 Å². The summed E-state index contributed by atoms with van der Waals surface area (Å²) in [6.45, 7) is 0. The number of carboxylic acids is 2. The number of rotatable bonds is 4. The van der Waals surface area contributed by atoms with E-state index < -0.39 is 36.0 Å². The van der Waals surface area contributed by atoms with E-state index in [4.69, 9.17) is 20.4 Å². The first-order valence-electron chi connectivity index (χ1n) is 4.90. The van der Waals surface area contributed by atoms with Gasteiger partial charge in [0.1, 0.15) is 5.41 Å². The molecule has 0 spiro atoms. The number of carboxylic acid groups (broad SMARTS) is 2. The molecule has 0 heterocycles. The minimum Gasteiger partial charge on any atom is -0.481 e. The van der Waals surface area contributed by atoms with Crippen LogP contribution in [0.5, 0.6) is 0 Å². The van der Waals surface area contributed by atoms with Crippen LogP contribution in [0.3, 0.4) is 0 Å². The molecule has 90 valence electrons. The summed E-state index contributed by atoms with van der Waals surface area (Å²) in [7, 11) is 0. The van der Waals surface area contributed by atoms with Crippen LogP contribution >= 0.6 is 0 Å². The normalized spacial score (nSPS) is 29.3. The lowest BCUT2D eigenvalue weighted by Gasteiger charge is -2.35. The summed E-state index contributed by atoms with van der Waals surface area (Å²) in [5.41, 5.74) is -1.72. The molecule has 6 heteroatoms. The molecule has 0 aromatic heterocycles. The van der Waals surface area contributed by atoms with E-state index in [2.05, 4.69) is 0 Å². The fraction of sp³-hybridized carbons (Fsp3) is 0.600. The van der Waals surface area contributed by atoms with Gasteiger partial charge in [-0.1, -0.05) is 12.2 Å². The second-order valence-electron chi connectivity index (χ2n) is 3.90. The van der Waals surface area contributed by atoms with Crippen molar-refractivity contribution in [3.05, 3.63) is 12.2 Å². The zero-order chi connectivity index (χ0) is 12.3. The van der Waals surface area contributed by atoms with Crippen molar-refractivity contribution in [3.8, 4) is 0 Å². The van der Waals surface area contributed by atoms with E-state index in [0.29, 0.717) is 6.42 Å². The van der Waals surface area contributed by atoms with Crippen molar-refractivity contribution in [2.75, 3.05) is 0 Å². The molecule has 1 aliphatic carbocycles. The first-order chi connectivity index (χ1) is 7.40. The van der Waals surface area contributed by atoms with Gasteiger partial charge in [0.25, 0.3) is 0 Å². The number of aliphatic carboxylic acids is 2. The molecule has 16 heavy (non-hydrogen) atoms. The number of hydrogen-bond acceptors (Lipinski definition) is 4. The number of hydrogen-bond donors (Lipinski definition) is 4. The SMILES string of the molecule is O=C(O)C1CCC=CC1(CC(O)O)C(=O)O. The van der Waals surface area contributed by atoms with Crippen molar-refractivity contribution in [2.24, 2.45) is 11.3 Å². The lowest BCUT2D eigenvalue weighted by Crippen LogP contribution is -2.44. The molecule has 4 N–H and O–H groups in total. The third-order valence-corrected chi connectivity index (χ3v) is 2.88. The van der Waals surface area contributed by atoms with Gasteiger partial charge >= 0.3 is 11.9 Å². The van der Waals surface area contributed by atoms with Gasteiger partial charge in [0.2, 0.25) is 0 Å². The lowest BCUT2D eigenvalue weighted by molar-refractivity contribution is -0.166. The Labute approximate surface area is 91.8 Å². The quantitative estimate of drug-likeness (QED) is 0.393. The summed E-state index contributed by atoms with van der Waals surface area (Å²) in [6, 6.07) is 0. The average molecular weight is 230 g/mol. The number of carbonyl (C=O) groups is 2. The van der Waals surface area contributed by atoms with Gasteiger partial charge in [-0.05, 0) is 12.8 Å². The van der Waals surface area contributed by atoms with Gasteiger partial charge in [0.05, 0.1) is 5.92 Å². The molecular formula is C10H14O6. The zero-order valence-corrected chi connectivity index (χ0v) is 8.54. The third-order valence-electron chi connectivity index (χ3n) is 2.88. The van der Waals surface area contributed by atoms with Crippen molar-refractivity contribution in [1.29, 1.82) is 0 Å². The van der Waals surface area contributed by atoms with Crippen molar-refractivity contribution in [2.45, 2.75) is 25.6 Å². The second-order valence-corrected chi connectivity index (χ2v) is 3.90. The Morgan fingerprint density at radius 3 is 2.44 bits per heavy atom. The van der Waals surface area contributed by atoms with Crippen LogP contribution in [-0.2, 0) is 9.59 Å². The van der Waals surface area contributed by atoms with Gasteiger partial charge in [-0.25, -0.2) is 0 Å². The van der Waals surface area contributed by atoms with Crippen LogP contribution in [0, 0.1) is 11.3 Å². The Balaban J connectivity index is 3.12. The Morgan fingerprint density at radius 1 is 1.38 bits per heavy atom. The largest absolute Gasteiger partial charge is 0.481 e. The lowest BCUT2D eigenvalue weighted by atomic mass is 9.68. The maximum absolute atomic E-state index is 11.2. The Kier molecular flexibility index (Phi) is 3.66. The number of aliphatic hydroxyl groups excluding tert-OH is 1. The van der Waals surface area contributed by atoms with Crippen LogP contribution in [-0.4, -0.2) is 38.7 Å². The minimum atomic E-state index is -1.85. The predicted octanol–water partition coefficient (Wildman–Crippen LogP) is -0.191. The van der Waals surface area contributed by atoms with Crippen LogP contribution in [0.15, 0.2) is 12.2 Å². The highest BCUT2D eigenvalue weighted by atomic mass is 16.5. The molecule has 0 radical (unpaired) electrons. The highest BCUT2D eigenvalue weighted by molar-refractivity contribution is 5.85. The summed E-state index contributed by atoms with van der Waals surface area (Å²) in [6.07, 6.45) is 1.13. The molecule has 0 saturated carbocycles. The third kappa shape index (κ3) is 2.23. The number of allylic oxidation sites excluding steroid dienone is 1. The zero-order valence-electron chi connectivity index (χ0n) is 8.54. The van der Waals surface area contributed by atoms with E-state index >= 15 is 0 Å². The van der Waals surface area contributed by atoms with Crippen LogP contribution in [0.4, 0.5) is 0 Å². The molecule has 6 nitrogen and oxygen atoms in total. The Bertz CT molecular complexity index is 321. The topological polar surface area (TPSA) is 115 Å². The fourth-order valence-electron chi connectivity index (χ4n) is 2.09. The second kappa shape index (κ2) is 4.63.